The van der Waals surface area contributed by atoms with Crippen molar-refractivity contribution in [2.75, 3.05) is 19.8 Å². The molecule has 0 amide bonds. The molecule has 2 fully saturated rings. The number of benzene rings is 1. The van der Waals surface area contributed by atoms with Crippen LogP contribution in [0.4, 0.5) is 0 Å². The third-order valence-electron chi connectivity index (χ3n) is 6.16. The molecule has 0 spiro atoms. The molecule has 4 N–H and O–H groups in total. The van der Waals surface area contributed by atoms with Gasteiger partial charge in [0.15, 0.2) is 6.29 Å². The van der Waals surface area contributed by atoms with Crippen LogP contribution in [0.25, 0.3) is 10.9 Å². The van der Waals surface area contributed by atoms with Gasteiger partial charge in [0.05, 0.1) is 24.4 Å². The van der Waals surface area contributed by atoms with E-state index < -0.39 is 0 Å². The molecule has 0 radical (unpaired) electrons. The zero-order chi connectivity index (χ0) is 19.3. The molecule has 1 aromatic carbocycles. The molecule has 1 saturated carbocycles. The summed E-state index contributed by atoms with van der Waals surface area (Å²) in [5.74, 6) is 1.16. The summed E-state index contributed by atoms with van der Waals surface area (Å²) in [6.45, 7) is 1.80. The van der Waals surface area contributed by atoms with E-state index in [-0.39, 0.29) is 24.8 Å². The van der Waals surface area contributed by atoms with Gasteiger partial charge in [-0.15, -0.1) is 0 Å². The number of aromatic nitrogens is 2. The summed E-state index contributed by atoms with van der Waals surface area (Å²) in [4.78, 5) is 10.8. The molecule has 4 rings (SSSR count). The maximum atomic E-state index is 10.8. The van der Waals surface area contributed by atoms with Gasteiger partial charge >= 0.3 is 0 Å². The summed E-state index contributed by atoms with van der Waals surface area (Å²) in [5.41, 5.74) is 8.36. The maximum absolute atomic E-state index is 10.8. The summed E-state index contributed by atoms with van der Waals surface area (Å²) in [6.07, 6.45) is 9.23. The lowest BCUT2D eigenvalue weighted by Gasteiger charge is -2.34. The molecule has 28 heavy (non-hydrogen) atoms. The molecule has 152 valence electrons. The molecular weight excluding hydrogens is 356 g/mol. The van der Waals surface area contributed by atoms with E-state index >= 15 is 0 Å². The standard InChI is InChI=1S/C21H30N4O3/c22-17-2-1-9-23-18(17)13-28-16-6-3-14(4-7-16)20-19(27-11-10-26)8-5-15-12-24-25-21(15)20/h5,8,10,12,14,16-18,23H,1-4,6-7,9,11,13,22H2,(H,24,25)/t14?,16?,17-,18-/m0/s1. The summed E-state index contributed by atoms with van der Waals surface area (Å²) in [5, 5.41) is 11.9. The van der Waals surface area contributed by atoms with Gasteiger partial charge in [0.2, 0.25) is 0 Å². The van der Waals surface area contributed by atoms with Crippen LogP contribution in [-0.4, -0.2) is 54.4 Å². The number of hydrogen-bond donors (Lipinski definition) is 3. The molecule has 7 nitrogen and oxygen atoms in total. The number of aldehydes is 1. The first-order valence-electron chi connectivity index (χ1n) is 10.4. The Morgan fingerprint density at radius 2 is 2.07 bits per heavy atom. The van der Waals surface area contributed by atoms with E-state index in [1.54, 1.807) is 0 Å². The van der Waals surface area contributed by atoms with Gasteiger partial charge in [-0.3, -0.25) is 9.89 Å². The minimum atomic E-state index is 0.0692. The van der Waals surface area contributed by atoms with E-state index in [0.717, 1.165) is 73.6 Å². The predicted molar refractivity (Wildman–Crippen MR) is 108 cm³/mol. The van der Waals surface area contributed by atoms with Crippen molar-refractivity contribution in [2.45, 2.75) is 62.6 Å². The molecule has 2 heterocycles. The van der Waals surface area contributed by atoms with Crippen LogP contribution in [0, 0.1) is 0 Å². The molecule has 1 saturated heterocycles. The fourth-order valence-electron chi connectivity index (χ4n) is 4.59. The van der Waals surface area contributed by atoms with Crippen LogP contribution < -0.4 is 15.8 Å². The largest absolute Gasteiger partial charge is 0.486 e. The van der Waals surface area contributed by atoms with Crippen LogP contribution in [0.15, 0.2) is 18.3 Å². The SMILES string of the molecule is N[C@H]1CCCN[C@H]1COC1CCC(c2c(OCC=O)ccc3cn[nH]c23)CC1. The number of carbonyl (C=O) groups is 1. The van der Waals surface area contributed by atoms with E-state index in [1.807, 2.05) is 18.3 Å². The van der Waals surface area contributed by atoms with Crippen LogP contribution in [-0.2, 0) is 9.53 Å². The lowest BCUT2D eigenvalue weighted by atomic mass is 9.81. The lowest BCUT2D eigenvalue weighted by Crippen LogP contribution is -2.52. The molecule has 7 heteroatoms. The second-order valence-electron chi connectivity index (χ2n) is 7.96. The Kier molecular flexibility index (Phi) is 6.24. The highest BCUT2D eigenvalue weighted by Crippen LogP contribution is 2.41. The average Bonchev–Trinajstić information content (AvgIpc) is 3.20. The molecule has 1 aromatic heterocycles. The first kappa shape index (κ1) is 19.4. The number of H-pyrrole nitrogens is 1. The topological polar surface area (TPSA) is 102 Å². The van der Waals surface area contributed by atoms with Crippen LogP contribution in [0.2, 0.25) is 0 Å². The van der Waals surface area contributed by atoms with Crippen LogP contribution in [0.1, 0.15) is 50.0 Å². The van der Waals surface area contributed by atoms with E-state index in [1.165, 1.54) is 0 Å². The van der Waals surface area contributed by atoms with Crippen molar-refractivity contribution in [1.82, 2.24) is 15.5 Å². The second kappa shape index (κ2) is 9.03. The Hall–Kier alpha value is -1.96. The Balaban J connectivity index is 1.39. The molecule has 1 aliphatic carbocycles. The monoisotopic (exact) mass is 386 g/mol. The highest BCUT2D eigenvalue weighted by Gasteiger charge is 2.29. The van der Waals surface area contributed by atoms with Gasteiger partial charge < -0.3 is 20.5 Å². The van der Waals surface area contributed by atoms with Gasteiger partial charge in [0, 0.05) is 23.0 Å². The Bertz CT molecular complexity index is 785. The van der Waals surface area contributed by atoms with Gasteiger partial charge in [-0.25, -0.2) is 0 Å². The molecule has 2 atom stereocenters. The molecule has 1 aliphatic heterocycles. The number of nitrogens with one attached hydrogen (secondary N) is 2. The van der Waals surface area contributed by atoms with E-state index in [2.05, 4.69) is 15.5 Å². The number of nitrogens with two attached hydrogens (primary N) is 1. The van der Waals surface area contributed by atoms with E-state index in [0.29, 0.717) is 12.5 Å². The van der Waals surface area contributed by atoms with Crippen LogP contribution in [0.3, 0.4) is 0 Å². The quantitative estimate of drug-likeness (QED) is 0.631. The summed E-state index contributed by atoms with van der Waals surface area (Å²) in [7, 11) is 0. The Labute approximate surface area is 165 Å². The van der Waals surface area contributed by atoms with Gasteiger partial charge in [-0.1, -0.05) is 0 Å². The third kappa shape index (κ3) is 4.21. The number of piperidine rings is 1. The summed E-state index contributed by atoms with van der Waals surface area (Å²) >= 11 is 0. The number of rotatable bonds is 7. The second-order valence-corrected chi connectivity index (χ2v) is 7.96. The normalized spacial score (nSPS) is 28.3. The number of fused-ring (bicyclic) bond motifs is 1. The first-order chi connectivity index (χ1) is 13.8. The smallest absolute Gasteiger partial charge is 0.157 e. The minimum absolute atomic E-state index is 0.0692. The van der Waals surface area contributed by atoms with E-state index in [9.17, 15) is 4.79 Å². The van der Waals surface area contributed by atoms with E-state index in [4.69, 9.17) is 15.2 Å². The Morgan fingerprint density at radius 3 is 2.86 bits per heavy atom. The molecule has 0 bridgehead atoms. The molecular formula is C21H30N4O3. The highest BCUT2D eigenvalue weighted by molar-refractivity contribution is 5.84. The molecule has 2 aliphatic rings. The van der Waals surface area contributed by atoms with Gasteiger partial charge in [-0.05, 0) is 63.1 Å². The van der Waals surface area contributed by atoms with Crippen molar-refractivity contribution in [1.29, 1.82) is 0 Å². The van der Waals surface area contributed by atoms with Gasteiger partial charge in [0.1, 0.15) is 12.4 Å². The highest BCUT2D eigenvalue weighted by atomic mass is 16.5. The molecule has 2 aromatic rings. The Morgan fingerprint density at radius 1 is 1.21 bits per heavy atom. The van der Waals surface area contributed by atoms with Crippen LogP contribution >= 0.6 is 0 Å². The number of carbonyl (C=O) groups excluding carboxylic acids is 1. The molecule has 0 unspecified atom stereocenters. The maximum Gasteiger partial charge on any atom is 0.157 e. The zero-order valence-electron chi connectivity index (χ0n) is 16.2. The van der Waals surface area contributed by atoms with Crippen molar-refractivity contribution >= 4 is 17.2 Å². The van der Waals surface area contributed by atoms with Crippen molar-refractivity contribution in [2.24, 2.45) is 5.73 Å². The number of aromatic amines is 1. The van der Waals surface area contributed by atoms with Gasteiger partial charge in [-0.2, -0.15) is 5.10 Å². The van der Waals surface area contributed by atoms with Crippen molar-refractivity contribution < 1.29 is 14.3 Å². The van der Waals surface area contributed by atoms with Crippen LogP contribution in [0.5, 0.6) is 5.75 Å². The fourth-order valence-corrected chi connectivity index (χ4v) is 4.59. The third-order valence-corrected chi connectivity index (χ3v) is 6.16. The van der Waals surface area contributed by atoms with Crippen molar-refractivity contribution in [3.63, 3.8) is 0 Å². The van der Waals surface area contributed by atoms with Crippen molar-refractivity contribution in [3.05, 3.63) is 23.9 Å². The lowest BCUT2D eigenvalue weighted by molar-refractivity contribution is -0.109. The first-order valence-corrected chi connectivity index (χ1v) is 10.4. The van der Waals surface area contributed by atoms with Gasteiger partial charge in [0.25, 0.3) is 0 Å². The van der Waals surface area contributed by atoms with Crippen molar-refractivity contribution in [3.8, 4) is 5.75 Å². The minimum Gasteiger partial charge on any atom is -0.486 e. The number of nitrogens with zero attached hydrogens (tertiary/aromatic N) is 1. The zero-order valence-corrected chi connectivity index (χ0v) is 16.2. The summed E-state index contributed by atoms with van der Waals surface area (Å²) in [6, 6.07) is 4.40. The summed E-state index contributed by atoms with van der Waals surface area (Å²) < 4.78 is 11.9. The fraction of sp³-hybridized carbons (Fsp3) is 0.619. The number of ether oxygens (including phenoxy) is 2. The predicted octanol–water partition coefficient (Wildman–Crippen LogP) is 2.26. The number of hydrogen-bond acceptors (Lipinski definition) is 6. The average molecular weight is 386 g/mol.